The Morgan fingerprint density at radius 2 is 1.84 bits per heavy atom. The molecule has 0 radical (unpaired) electrons. The van der Waals surface area contributed by atoms with Gasteiger partial charge < -0.3 is 14.6 Å². The van der Waals surface area contributed by atoms with Crippen molar-refractivity contribution in [1.82, 2.24) is 4.98 Å². The summed E-state index contributed by atoms with van der Waals surface area (Å²) in [6.45, 7) is 0. The molecular weight excluding hydrogens is 267 g/mol. The van der Waals surface area contributed by atoms with Gasteiger partial charge in [0.15, 0.2) is 0 Å². The lowest BCUT2D eigenvalue weighted by atomic mass is 10.2. The molecule has 0 atom stereocenters. The molecule has 1 aromatic heterocycles. The molecule has 2 rings (SSSR count). The lowest BCUT2D eigenvalue weighted by Gasteiger charge is -1.97. The molecule has 102 valence electrons. The van der Waals surface area contributed by atoms with Gasteiger partial charge in [-0.3, -0.25) is 0 Å². The number of hydrogen-bond donors (Lipinski definition) is 2. The van der Waals surface area contributed by atoms with E-state index in [9.17, 15) is 18.3 Å². The first-order valence-corrected chi connectivity index (χ1v) is 4.80. The van der Waals surface area contributed by atoms with Crippen LogP contribution in [0.15, 0.2) is 41.1 Å². The number of halogens is 3. The van der Waals surface area contributed by atoms with E-state index in [0.717, 1.165) is 0 Å². The minimum Gasteiger partial charge on any atom is -0.507 e. The quantitative estimate of drug-likeness (QED) is 0.835. The highest BCUT2D eigenvalue weighted by molar-refractivity contribution is 5.73. The third-order valence-corrected chi connectivity index (χ3v) is 1.81. The van der Waals surface area contributed by atoms with Gasteiger partial charge in [0.1, 0.15) is 12.0 Å². The van der Waals surface area contributed by atoms with Crippen LogP contribution >= 0.6 is 0 Å². The second-order valence-corrected chi connectivity index (χ2v) is 3.16. The Kier molecular flexibility index (Phi) is 4.51. The van der Waals surface area contributed by atoms with Crippen molar-refractivity contribution in [3.63, 3.8) is 0 Å². The lowest BCUT2D eigenvalue weighted by molar-refractivity contribution is -0.192. The highest BCUT2D eigenvalue weighted by Crippen LogP contribution is 2.26. The summed E-state index contributed by atoms with van der Waals surface area (Å²) in [4.78, 5) is 12.8. The van der Waals surface area contributed by atoms with Gasteiger partial charge >= 0.3 is 12.1 Å². The number of carboxylic acids is 1. The maximum atomic E-state index is 10.6. The number of alkyl halides is 3. The molecule has 0 saturated heterocycles. The van der Waals surface area contributed by atoms with Crippen molar-refractivity contribution in [2.45, 2.75) is 6.18 Å². The number of oxazole rings is 1. The van der Waals surface area contributed by atoms with Crippen molar-refractivity contribution in [1.29, 1.82) is 0 Å². The third-order valence-electron chi connectivity index (χ3n) is 1.81. The zero-order valence-corrected chi connectivity index (χ0v) is 9.26. The third kappa shape index (κ3) is 4.34. The number of phenolic OH excluding ortho intramolecular Hbond substituents is 1. The fraction of sp³-hybridized carbons (Fsp3) is 0.0909. The highest BCUT2D eigenvalue weighted by Gasteiger charge is 2.38. The van der Waals surface area contributed by atoms with Gasteiger partial charge in [0.2, 0.25) is 5.89 Å². The van der Waals surface area contributed by atoms with Crippen LogP contribution in [0.25, 0.3) is 11.5 Å². The summed E-state index contributed by atoms with van der Waals surface area (Å²) in [6.07, 6.45) is -2.07. The number of aromatic nitrogens is 1. The molecule has 2 N–H and O–H groups in total. The number of phenols is 1. The number of carboxylic acid groups (broad SMARTS) is 1. The summed E-state index contributed by atoms with van der Waals surface area (Å²) in [6, 6.07) is 6.92. The van der Waals surface area contributed by atoms with Gasteiger partial charge in [0, 0.05) is 0 Å². The van der Waals surface area contributed by atoms with E-state index in [4.69, 9.17) is 14.3 Å². The van der Waals surface area contributed by atoms with Gasteiger partial charge in [0.25, 0.3) is 0 Å². The van der Waals surface area contributed by atoms with Crippen molar-refractivity contribution >= 4 is 5.97 Å². The zero-order chi connectivity index (χ0) is 14.5. The molecule has 0 amide bonds. The Morgan fingerprint density at radius 3 is 2.26 bits per heavy atom. The molecule has 5 nitrogen and oxygen atoms in total. The zero-order valence-electron chi connectivity index (χ0n) is 9.26. The second kappa shape index (κ2) is 5.89. The number of benzene rings is 1. The number of aromatic hydroxyl groups is 1. The topological polar surface area (TPSA) is 83.6 Å². The summed E-state index contributed by atoms with van der Waals surface area (Å²) in [5.74, 6) is -2.14. The Morgan fingerprint density at radius 1 is 1.26 bits per heavy atom. The van der Waals surface area contributed by atoms with Crippen LogP contribution in [0.5, 0.6) is 5.75 Å². The molecule has 0 unspecified atom stereocenters. The van der Waals surface area contributed by atoms with Crippen molar-refractivity contribution in [3.05, 3.63) is 36.7 Å². The number of hydrogen-bond acceptors (Lipinski definition) is 4. The molecule has 1 aromatic carbocycles. The first-order chi connectivity index (χ1) is 8.82. The van der Waals surface area contributed by atoms with Gasteiger partial charge in [-0.25, -0.2) is 9.78 Å². The molecule has 0 aliphatic heterocycles. The predicted molar refractivity (Wildman–Crippen MR) is 57.3 cm³/mol. The summed E-state index contributed by atoms with van der Waals surface area (Å²) in [5.41, 5.74) is 0.613. The Bertz CT molecular complexity index is 537. The van der Waals surface area contributed by atoms with E-state index in [-0.39, 0.29) is 5.75 Å². The predicted octanol–water partition coefficient (Wildman–Crippen LogP) is 2.68. The van der Waals surface area contributed by atoms with Crippen molar-refractivity contribution in [2.75, 3.05) is 0 Å². The Balaban J connectivity index is 0.000000224. The summed E-state index contributed by atoms with van der Waals surface area (Å²) in [7, 11) is 0. The second-order valence-electron chi connectivity index (χ2n) is 3.16. The Labute approximate surface area is 104 Å². The molecule has 19 heavy (non-hydrogen) atoms. The van der Waals surface area contributed by atoms with Gasteiger partial charge in [-0.2, -0.15) is 13.2 Å². The van der Waals surface area contributed by atoms with Crippen LogP contribution in [-0.4, -0.2) is 27.3 Å². The van der Waals surface area contributed by atoms with Crippen LogP contribution in [0.4, 0.5) is 13.2 Å². The first kappa shape index (κ1) is 14.6. The number of para-hydroxylation sites is 1. The number of carbonyl (C=O) groups is 1. The van der Waals surface area contributed by atoms with E-state index < -0.39 is 12.1 Å². The average Bonchev–Trinajstić information content (AvgIpc) is 2.82. The number of aliphatic carboxylic acids is 1. The summed E-state index contributed by atoms with van der Waals surface area (Å²) in [5, 5.41) is 16.5. The van der Waals surface area contributed by atoms with E-state index in [1.807, 2.05) is 6.07 Å². The molecule has 0 fully saturated rings. The molecule has 2 aromatic rings. The van der Waals surface area contributed by atoms with Gasteiger partial charge in [-0.1, -0.05) is 12.1 Å². The van der Waals surface area contributed by atoms with Crippen molar-refractivity contribution in [2.24, 2.45) is 0 Å². The standard InChI is InChI=1S/C9H7NO2.C2HF3O2/c11-8-4-2-1-3-7(8)9-10-5-6-12-9;3-2(4,5)1(6)7/h1-6,11H;(H,6,7). The van der Waals surface area contributed by atoms with Gasteiger partial charge in [-0.05, 0) is 12.1 Å². The maximum Gasteiger partial charge on any atom is 0.490 e. The molecule has 0 spiro atoms. The SMILES string of the molecule is O=C(O)C(F)(F)F.Oc1ccccc1-c1ncco1. The van der Waals surface area contributed by atoms with E-state index in [1.54, 1.807) is 24.4 Å². The molecular formula is C11H8F3NO4. The Hall–Kier alpha value is -2.51. The van der Waals surface area contributed by atoms with Gasteiger partial charge in [-0.15, -0.1) is 0 Å². The summed E-state index contributed by atoms with van der Waals surface area (Å²) >= 11 is 0. The smallest absolute Gasteiger partial charge is 0.490 e. The van der Waals surface area contributed by atoms with Crippen LogP contribution in [0, 0.1) is 0 Å². The van der Waals surface area contributed by atoms with E-state index >= 15 is 0 Å². The number of rotatable bonds is 1. The van der Waals surface area contributed by atoms with Crippen LogP contribution in [0.3, 0.4) is 0 Å². The average molecular weight is 275 g/mol. The lowest BCUT2D eigenvalue weighted by Crippen LogP contribution is -2.21. The fourth-order valence-corrected chi connectivity index (χ4v) is 1.01. The fourth-order valence-electron chi connectivity index (χ4n) is 1.01. The molecule has 0 saturated carbocycles. The minimum absolute atomic E-state index is 0.181. The number of nitrogens with zero attached hydrogens (tertiary/aromatic N) is 1. The molecule has 8 heteroatoms. The van der Waals surface area contributed by atoms with Crippen LogP contribution in [0.1, 0.15) is 0 Å². The largest absolute Gasteiger partial charge is 0.507 e. The van der Waals surface area contributed by atoms with E-state index in [1.165, 1.54) is 6.26 Å². The van der Waals surface area contributed by atoms with E-state index in [0.29, 0.717) is 11.5 Å². The highest BCUT2D eigenvalue weighted by atomic mass is 19.4. The molecule has 1 heterocycles. The molecule has 0 bridgehead atoms. The summed E-state index contributed by atoms with van der Waals surface area (Å²) < 4.78 is 36.8. The first-order valence-electron chi connectivity index (χ1n) is 4.80. The van der Waals surface area contributed by atoms with Crippen LogP contribution in [-0.2, 0) is 4.79 Å². The van der Waals surface area contributed by atoms with Crippen molar-refractivity contribution in [3.8, 4) is 17.2 Å². The molecule has 0 aliphatic rings. The van der Waals surface area contributed by atoms with Crippen molar-refractivity contribution < 1.29 is 32.6 Å². The maximum absolute atomic E-state index is 10.6. The minimum atomic E-state index is -5.08. The van der Waals surface area contributed by atoms with E-state index in [2.05, 4.69) is 4.98 Å². The van der Waals surface area contributed by atoms with Gasteiger partial charge in [0.05, 0.1) is 11.8 Å². The van der Waals surface area contributed by atoms with Crippen LogP contribution < -0.4 is 0 Å². The molecule has 0 aliphatic carbocycles. The normalized spacial score (nSPS) is 10.5. The van der Waals surface area contributed by atoms with Crippen LogP contribution in [0.2, 0.25) is 0 Å². The monoisotopic (exact) mass is 275 g/mol.